The maximum Gasteiger partial charge on any atom is 0.416 e. The molecule has 1 atom stereocenters. The van der Waals surface area contributed by atoms with Gasteiger partial charge in [0.2, 0.25) is 15.8 Å². The van der Waals surface area contributed by atoms with Crippen molar-refractivity contribution < 1.29 is 26.7 Å². The normalized spacial score (nSPS) is 14.5. The molecule has 1 unspecified atom stereocenters. The van der Waals surface area contributed by atoms with E-state index in [4.69, 9.17) is 5.14 Å². The van der Waals surface area contributed by atoms with Crippen molar-refractivity contribution in [2.24, 2.45) is 5.14 Å². The highest BCUT2D eigenvalue weighted by atomic mass is 32.2. The quantitative estimate of drug-likeness (QED) is 0.587. The molecule has 0 amide bonds. The average molecular weight is 442 g/mol. The van der Waals surface area contributed by atoms with Gasteiger partial charge < -0.3 is 5.11 Å². The fourth-order valence-corrected chi connectivity index (χ4v) is 3.68. The van der Waals surface area contributed by atoms with Crippen LogP contribution in [-0.4, -0.2) is 44.5 Å². The van der Waals surface area contributed by atoms with Crippen LogP contribution in [0.25, 0.3) is 11.5 Å². The first-order valence-corrected chi connectivity index (χ1v) is 10.2. The van der Waals surface area contributed by atoms with E-state index in [2.05, 4.69) is 20.4 Å². The van der Waals surface area contributed by atoms with Crippen molar-refractivity contribution in [3.8, 4) is 11.5 Å². The summed E-state index contributed by atoms with van der Waals surface area (Å²) in [5.74, 6) is -0.693. The van der Waals surface area contributed by atoms with Crippen LogP contribution in [-0.2, 0) is 28.3 Å². The Labute approximate surface area is 169 Å². The Morgan fingerprint density at radius 1 is 1.17 bits per heavy atom. The highest BCUT2D eigenvalue weighted by Crippen LogP contribution is 2.29. The van der Waals surface area contributed by atoms with E-state index in [1.54, 1.807) is 0 Å². The van der Waals surface area contributed by atoms with E-state index < -0.39 is 33.1 Å². The molecule has 3 aromatic rings. The molecule has 2 heterocycles. The summed E-state index contributed by atoms with van der Waals surface area (Å²) in [5, 5.41) is 27.1. The van der Waals surface area contributed by atoms with Gasteiger partial charge in [0.1, 0.15) is 11.3 Å². The Bertz CT molecular complexity index is 1160. The molecule has 160 valence electrons. The van der Waals surface area contributed by atoms with Crippen molar-refractivity contribution in [3.63, 3.8) is 0 Å². The first-order valence-electron chi connectivity index (χ1n) is 8.48. The molecule has 0 aliphatic heterocycles. The Balaban J connectivity index is 1.83. The summed E-state index contributed by atoms with van der Waals surface area (Å²) in [4.78, 5) is 5.27. The molecule has 0 radical (unpaired) electrons. The van der Waals surface area contributed by atoms with Crippen molar-refractivity contribution in [2.75, 3.05) is 5.75 Å². The molecule has 13 heteroatoms. The van der Waals surface area contributed by atoms with Crippen LogP contribution >= 0.6 is 0 Å². The molecule has 0 fully saturated rings. The number of hydrogen-bond acceptors (Lipinski definition) is 7. The third-order valence-electron chi connectivity index (χ3n) is 4.04. The Morgan fingerprint density at radius 2 is 1.87 bits per heavy atom. The molecular formula is C17H17F3N6O3S. The molecule has 9 nitrogen and oxygen atoms in total. The van der Waals surface area contributed by atoms with Crippen molar-refractivity contribution in [3.05, 3.63) is 59.3 Å². The topological polar surface area (TPSA) is 137 Å². The van der Waals surface area contributed by atoms with E-state index in [0.29, 0.717) is 5.56 Å². The molecule has 1 aromatic carbocycles. The summed E-state index contributed by atoms with van der Waals surface area (Å²) in [5.41, 5.74) is -2.09. The van der Waals surface area contributed by atoms with Gasteiger partial charge in [0, 0.05) is 0 Å². The van der Waals surface area contributed by atoms with E-state index in [1.807, 2.05) is 0 Å². The van der Waals surface area contributed by atoms with Crippen molar-refractivity contribution >= 4 is 10.0 Å². The van der Waals surface area contributed by atoms with Crippen LogP contribution in [0.5, 0.6) is 0 Å². The number of primary sulfonamides is 1. The maximum atomic E-state index is 12.8. The largest absolute Gasteiger partial charge is 0.416 e. The molecule has 3 N–H and O–H groups in total. The second-order valence-corrected chi connectivity index (χ2v) is 8.45. The zero-order valence-corrected chi connectivity index (χ0v) is 16.4. The standard InChI is InChI=1S/C17H17F3N6O3S/c1-16(27,10-30(21,28)29)14-7-3-6-13(22-14)15-23-25-26(24-15)9-11-4-2-5-12(8-11)17(18,19)20/h2-8,27H,9-10H2,1H3,(H2,21,28,29). The highest BCUT2D eigenvalue weighted by Gasteiger charge is 2.31. The molecule has 0 saturated heterocycles. The number of halogens is 3. The number of tetrazole rings is 1. The average Bonchev–Trinajstić information content (AvgIpc) is 3.08. The Hall–Kier alpha value is -2.90. The van der Waals surface area contributed by atoms with Gasteiger partial charge in [-0.25, -0.2) is 18.5 Å². The minimum Gasteiger partial charge on any atom is -0.383 e. The zero-order valence-electron chi connectivity index (χ0n) is 15.6. The van der Waals surface area contributed by atoms with Gasteiger partial charge in [0.25, 0.3) is 0 Å². The van der Waals surface area contributed by atoms with Crippen LogP contribution in [0.2, 0.25) is 0 Å². The van der Waals surface area contributed by atoms with Gasteiger partial charge in [0.05, 0.1) is 23.6 Å². The van der Waals surface area contributed by atoms with Crippen LogP contribution in [0, 0.1) is 0 Å². The van der Waals surface area contributed by atoms with Crippen molar-refractivity contribution in [1.29, 1.82) is 0 Å². The van der Waals surface area contributed by atoms with Gasteiger partial charge in [-0.2, -0.15) is 18.0 Å². The second-order valence-electron chi connectivity index (χ2n) is 6.83. The number of benzene rings is 1. The van der Waals surface area contributed by atoms with Gasteiger partial charge in [-0.05, 0) is 42.0 Å². The number of aromatic nitrogens is 5. The lowest BCUT2D eigenvalue weighted by molar-refractivity contribution is -0.137. The van der Waals surface area contributed by atoms with E-state index in [9.17, 15) is 26.7 Å². The Morgan fingerprint density at radius 3 is 2.53 bits per heavy atom. The van der Waals surface area contributed by atoms with Crippen LogP contribution in [0.3, 0.4) is 0 Å². The summed E-state index contributed by atoms with van der Waals surface area (Å²) in [6, 6.07) is 9.20. The predicted molar refractivity (Wildman–Crippen MR) is 99.1 cm³/mol. The molecule has 0 bridgehead atoms. The molecular weight excluding hydrogens is 425 g/mol. The van der Waals surface area contributed by atoms with E-state index in [0.717, 1.165) is 16.9 Å². The lowest BCUT2D eigenvalue weighted by atomic mass is 10.0. The fourth-order valence-electron chi connectivity index (χ4n) is 2.75. The number of nitrogens with two attached hydrogens (primary N) is 1. The van der Waals surface area contributed by atoms with Crippen LogP contribution < -0.4 is 5.14 Å². The molecule has 0 aliphatic carbocycles. The van der Waals surface area contributed by atoms with Gasteiger partial charge in [-0.3, -0.25) is 0 Å². The number of alkyl halides is 3. The monoisotopic (exact) mass is 442 g/mol. The summed E-state index contributed by atoms with van der Waals surface area (Å²) in [6.45, 7) is 1.20. The van der Waals surface area contributed by atoms with Crippen molar-refractivity contribution in [1.82, 2.24) is 25.2 Å². The zero-order chi connectivity index (χ0) is 22.2. The van der Waals surface area contributed by atoms with Gasteiger partial charge >= 0.3 is 6.18 Å². The first-order chi connectivity index (χ1) is 13.8. The second kappa shape index (κ2) is 7.74. The van der Waals surface area contributed by atoms with Gasteiger partial charge in [0.15, 0.2) is 0 Å². The van der Waals surface area contributed by atoms with Crippen LogP contribution in [0.4, 0.5) is 13.2 Å². The summed E-state index contributed by atoms with van der Waals surface area (Å²) < 4.78 is 61.2. The molecule has 2 aromatic heterocycles. The lowest BCUT2D eigenvalue weighted by Crippen LogP contribution is -2.35. The fraction of sp³-hybridized carbons (Fsp3) is 0.294. The molecule has 0 aliphatic rings. The first kappa shape index (κ1) is 21.8. The molecule has 0 spiro atoms. The summed E-state index contributed by atoms with van der Waals surface area (Å²) in [6.07, 6.45) is -4.46. The minimum atomic E-state index is -4.46. The van der Waals surface area contributed by atoms with E-state index in [-0.39, 0.29) is 23.8 Å². The van der Waals surface area contributed by atoms with E-state index >= 15 is 0 Å². The smallest absolute Gasteiger partial charge is 0.383 e. The maximum absolute atomic E-state index is 12.8. The molecule has 0 saturated carbocycles. The van der Waals surface area contributed by atoms with E-state index in [1.165, 1.54) is 37.3 Å². The Kier molecular flexibility index (Phi) is 5.62. The summed E-state index contributed by atoms with van der Waals surface area (Å²) >= 11 is 0. The molecule has 3 rings (SSSR count). The number of hydrogen-bond donors (Lipinski definition) is 2. The number of pyridine rings is 1. The number of rotatable bonds is 6. The molecule has 30 heavy (non-hydrogen) atoms. The third kappa shape index (κ3) is 5.37. The van der Waals surface area contributed by atoms with Crippen molar-refractivity contribution in [2.45, 2.75) is 25.2 Å². The summed E-state index contributed by atoms with van der Waals surface area (Å²) in [7, 11) is -3.97. The SMILES string of the molecule is CC(O)(CS(N)(=O)=O)c1cccc(-c2nnn(Cc3cccc(C(F)(F)F)c3)n2)n1. The minimum absolute atomic E-state index is 0.0308. The third-order valence-corrected chi connectivity index (χ3v) is 5.01. The number of aliphatic hydroxyl groups is 1. The van der Waals surface area contributed by atoms with Gasteiger partial charge in [-0.1, -0.05) is 18.2 Å². The van der Waals surface area contributed by atoms with Crippen LogP contribution in [0.1, 0.15) is 23.7 Å². The number of nitrogens with zero attached hydrogens (tertiary/aromatic N) is 5. The number of sulfonamides is 1. The predicted octanol–water partition coefficient (Wildman–Crippen LogP) is 1.30. The van der Waals surface area contributed by atoms with Gasteiger partial charge in [-0.15, -0.1) is 10.2 Å². The van der Waals surface area contributed by atoms with Crippen LogP contribution in [0.15, 0.2) is 42.5 Å². The highest BCUT2D eigenvalue weighted by molar-refractivity contribution is 7.89. The lowest BCUT2D eigenvalue weighted by Gasteiger charge is -2.21.